The van der Waals surface area contributed by atoms with E-state index < -0.39 is 0 Å². The Morgan fingerprint density at radius 3 is 1.74 bits per heavy atom. The molecule has 0 bridgehead atoms. The molecule has 4 rings (SSSR count). The lowest BCUT2D eigenvalue weighted by atomic mass is 10.0. The Labute approximate surface area is 274 Å². The zero-order chi connectivity index (χ0) is 34.2. The molecular formula is C35H45N5O7. The van der Waals surface area contributed by atoms with Crippen molar-refractivity contribution in [3.05, 3.63) is 47.8 Å². The van der Waals surface area contributed by atoms with Gasteiger partial charge in [-0.2, -0.15) is 10.2 Å². The highest BCUT2D eigenvalue weighted by atomic mass is 16.5. The van der Waals surface area contributed by atoms with Gasteiger partial charge in [0.15, 0.2) is 17.3 Å². The summed E-state index contributed by atoms with van der Waals surface area (Å²) in [6.45, 7) is 10.4. The van der Waals surface area contributed by atoms with E-state index in [-0.39, 0.29) is 54.8 Å². The Bertz CT molecular complexity index is 1750. The van der Waals surface area contributed by atoms with Crippen molar-refractivity contribution in [1.29, 1.82) is 0 Å². The van der Waals surface area contributed by atoms with E-state index in [1.54, 1.807) is 60.2 Å². The molecule has 0 radical (unpaired) electrons. The smallest absolute Gasteiger partial charge is 0.244 e. The van der Waals surface area contributed by atoms with Crippen LogP contribution in [0.2, 0.25) is 0 Å². The number of unbranched alkanes of at least 4 members (excludes halogenated alkanes) is 1. The molecule has 0 N–H and O–H groups in total. The minimum absolute atomic E-state index is 0.00759. The molecule has 252 valence electrons. The van der Waals surface area contributed by atoms with E-state index >= 15 is 0 Å². The van der Waals surface area contributed by atoms with Gasteiger partial charge in [-0.15, -0.1) is 0 Å². The maximum absolute atomic E-state index is 13.3. The minimum atomic E-state index is -0.232. The van der Waals surface area contributed by atoms with E-state index in [9.17, 15) is 19.2 Å². The highest BCUT2D eigenvalue weighted by Crippen LogP contribution is 2.27. The number of carbonyl (C=O) groups is 4. The summed E-state index contributed by atoms with van der Waals surface area (Å²) in [5.74, 6) is 0.297. The summed E-state index contributed by atoms with van der Waals surface area (Å²) >= 11 is 0. The van der Waals surface area contributed by atoms with Crippen molar-refractivity contribution in [2.24, 2.45) is 11.8 Å². The van der Waals surface area contributed by atoms with Crippen LogP contribution in [0.25, 0.3) is 21.8 Å². The average Bonchev–Trinajstić information content (AvgIpc) is 3.60. The summed E-state index contributed by atoms with van der Waals surface area (Å²) in [6, 6.07) is 10.7. The number of likely N-dealkylation sites (N-methyl/N-ethyl adjacent to an activating group) is 1. The minimum Gasteiger partial charge on any atom is -0.497 e. The summed E-state index contributed by atoms with van der Waals surface area (Å²) in [5.41, 5.74) is 2.01. The van der Waals surface area contributed by atoms with Gasteiger partial charge in [0.2, 0.25) is 5.91 Å². The van der Waals surface area contributed by atoms with E-state index in [1.807, 2.05) is 34.6 Å². The lowest BCUT2D eigenvalue weighted by molar-refractivity contribution is -0.131. The van der Waals surface area contributed by atoms with Crippen LogP contribution in [0.4, 0.5) is 0 Å². The second kappa shape index (κ2) is 15.8. The van der Waals surface area contributed by atoms with Gasteiger partial charge in [-0.3, -0.25) is 28.5 Å². The fourth-order valence-electron chi connectivity index (χ4n) is 5.31. The van der Waals surface area contributed by atoms with Crippen LogP contribution in [-0.4, -0.2) is 88.2 Å². The molecule has 47 heavy (non-hydrogen) atoms. The van der Waals surface area contributed by atoms with Crippen LogP contribution in [0, 0.1) is 11.8 Å². The molecule has 0 aliphatic rings. The fraction of sp³-hybridized carbons (Fsp3) is 0.486. The van der Waals surface area contributed by atoms with Crippen molar-refractivity contribution in [2.45, 2.75) is 60.5 Å². The highest BCUT2D eigenvalue weighted by Gasteiger charge is 2.23. The van der Waals surface area contributed by atoms with E-state index in [0.717, 1.165) is 0 Å². The second-order valence-corrected chi connectivity index (χ2v) is 12.1. The van der Waals surface area contributed by atoms with Gasteiger partial charge in [0.1, 0.15) is 42.6 Å². The number of carbonyl (C=O) groups excluding carboxylic acids is 4. The molecule has 2 aromatic carbocycles. The highest BCUT2D eigenvalue weighted by molar-refractivity contribution is 6.08. The fourth-order valence-corrected chi connectivity index (χ4v) is 5.31. The van der Waals surface area contributed by atoms with Crippen molar-refractivity contribution >= 4 is 45.1 Å². The lowest BCUT2D eigenvalue weighted by Crippen LogP contribution is -2.35. The molecule has 1 amide bonds. The molecule has 0 fully saturated rings. The number of methoxy groups -OCH3 is 2. The van der Waals surface area contributed by atoms with Gasteiger partial charge < -0.3 is 19.1 Å². The molecule has 0 spiro atoms. The third-order valence-corrected chi connectivity index (χ3v) is 8.01. The van der Waals surface area contributed by atoms with Crippen molar-refractivity contribution < 1.29 is 33.4 Å². The van der Waals surface area contributed by atoms with Crippen LogP contribution in [0.1, 0.15) is 68.4 Å². The van der Waals surface area contributed by atoms with Crippen LogP contribution in [-0.2, 0) is 27.4 Å². The van der Waals surface area contributed by atoms with Gasteiger partial charge in [0.05, 0.1) is 25.3 Å². The van der Waals surface area contributed by atoms with E-state index in [4.69, 9.17) is 14.2 Å². The van der Waals surface area contributed by atoms with Crippen molar-refractivity contribution in [2.75, 3.05) is 40.5 Å². The summed E-state index contributed by atoms with van der Waals surface area (Å²) in [5, 5.41) is 10.4. The molecule has 0 aliphatic heterocycles. The first kappa shape index (κ1) is 35.3. The van der Waals surface area contributed by atoms with Crippen LogP contribution in [0.15, 0.2) is 36.4 Å². The maximum Gasteiger partial charge on any atom is 0.244 e. The SMILES string of the molecule is CCN(CCCCOCC(=O)Cn1nc(C(=O)C(C)C)c2ccc(OC)cc21)C(=O)Cn1nc(C(=O)C(C)C)c2ccc(OC)cc21. The normalized spacial score (nSPS) is 11.5. The Morgan fingerprint density at radius 2 is 1.28 bits per heavy atom. The number of aromatic nitrogens is 4. The average molecular weight is 648 g/mol. The predicted octanol–water partition coefficient (Wildman–Crippen LogP) is 5.00. The molecule has 0 unspecified atom stereocenters. The van der Waals surface area contributed by atoms with Gasteiger partial charge in [-0.25, -0.2) is 0 Å². The predicted molar refractivity (Wildman–Crippen MR) is 178 cm³/mol. The molecule has 12 heteroatoms. The Kier molecular flexibility index (Phi) is 11.9. The molecule has 12 nitrogen and oxygen atoms in total. The molecule has 0 saturated carbocycles. The third-order valence-electron chi connectivity index (χ3n) is 8.01. The maximum atomic E-state index is 13.3. The van der Waals surface area contributed by atoms with Crippen LogP contribution in [0.3, 0.4) is 0 Å². The number of nitrogens with zero attached hydrogens (tertiary/aromatic N) is 5. The number of benzene rings is 2. The molecule has 4 aromatic rings. The van der Waals surface area contributed by atoms with Gasteiger partial charge in [0.25, 0.3) is 0 Å². The number of hydrogen-bond donors (Lipinski definition) is 0. The number of fused-ring (bicyclic) bond motifs is 2. The zero-order valence-corrected chi connectivity index (χ0v) is 28.4. The van der Waals surface area contributed by atoms with Gasteiger partial charge in [0, 0.05) is 54.4 Å². The topological polar surface area (TPSA) is 135 Å². The van der Waals surface area contributed by atoms with Crippen molar-refractivity contribution in [3.63, 3.8) is 0 Å². The number of Topliss-reactive ketones (excluding diaryl/α,β-unsaturated/α-hetero) is 3. The van der Waals surface area contributed by atoms with Crippen LogP contribution < -0.4 is 9.47 Å². The summed E-state index contributed by atoms with van der Waals surface area (Å²) < 4.78 is 19.5. The van der Waals surface area contributed by atoms with Gasteiger partial charge in [-0.1, -0.05) is 27.7 Å². The lowest BCUT2D eigenvalue weighted by Gasteiger charge is -2.21. The zero-order valence-electron chi connectivity index (χ0n) is 28.4. The number of hydrogen-bond acceptors (Lipinski definition) is 9. The standard InChI is InChI=1S/C35H45N5O7/c1-8-38(31(42)20-40-30-18-26(46-7)12-14-28(30)33(37-40)35(44)23(4)5)15-9-10-16-47-21-24(41)19-39-29-17-25(45-6)11-13-27(29)32(36-39)34(43)22(2)3/h11-14,17-18,22-23H,8-10,15-16,19-21H2,1-7H3. The van der Waals surface area contributed by atoms with E-state index in [2.05, 4.69) is 10.2 Å². The first-order valence-electron chi connectivity index (χ1n) is 16.0. The molecule has 2 aromatic heterocycles. The first-order valence-corrected chi connectivity index (χ1v) is 16.0. The van der Waals surface area contributed by atoms with E-state index in [1.165, 1.54) is 4.68 Å². The molecule has 2 heterocycles. The van der Waals surface area contributed by atoms with E-state index in [0.29, 0.717) is 77.2 Å². The largest absolute Gasteiger partial charge is 0.497 e. The number of amides is 1. The second-order valence-electron chi connectivity index (χ2n) is 12.1. The summed E-state index contributed by atoms with van der Waals surface area (Å²) in [7, 11) is 3.12. The molecule has 0 atom stereocenters. The van der Waals surface area contributed by atoms with Crippen LogP contribution >= 0.6 is 0 Å². The number of rotatable bonds is 18. The van der Waals surface area contributed by atoms with Gasteiger partial charge in [-0.05, 0) is 44.0 Å². The Morgan fingerprint density at radius 1 is 0.766 bits per heavy atom. The van der Waals surface area contributed by atoms with Gasteiger partial charge >= 0.3 is 0 Å². The molecule has 0 aliphatic carbocycles. The Balaban J connectivity index is 1.29. The van der Waals surface area contributed by atoms with Crippen LogP contribution in [0.5, 0.6) is 11.5 Å². The first-order chi connectivity index (χ1) is 22.5. The summed E-state index contributed by atoms with van der Waals surface area (Å²) in [4.78, 5) is 53.4. The number of ether oxygens (including phenoxy) is 3. The van der Waals surface area contributed by atoms with Crippen molar-refractivity contribution in [3.8, 4) is 11.5 Å². The molecular weight excluding hydrogens is 602 g/mol. The summed E-state index contributed by atoms with van der Waals surface area (Å²) in [6.07, 6.45) is 1.34. The third kappa shape index (κ3) is 8.23. The quantitative estimate of drug-likeness (QED) is 0.108. The number of ketones is 3. The molecule has 0 saturated heterocycles. The Hall–Kier alpha value is -4.58. The van der Waals surface area contributed by atoms with Crippen molar-refractivity contribution in [1.82, 2.24) is 24.5 Å². The monoisotopic (exact) mass is 647 g/mol.